The molecule has 5 heteroatoms. The van der Waals surface area contributed by atoms with Crippen molar-refractivity contribution >= 4 is 5.91 Å². The van der Waals surface area contributed by atoms with Crippen molar-refractivity contribution in [2.24, 2.45) is 0 Å². The number of hydrogen-bond donors (Lipinski definition) is 2. The Morgan fingerprint density at radius 2 is 2.50 bits per heavy atom. The topological polar surface area (TPSA) is 50.4 Å². The highest BCUT2D eigenvalue weighted by Gasteiger charge is 2.28. The van der Waals surface area contributed by atoms with Crippen molar-refractivity contribution in [1.82, 2.24) is 10.6 Å². The molecule has 0 radical (unpaired) electrons. The van der Waals surface area contributed by atoms with E-state index in [4.69, 9.17) is 4.74 Å². The summed E-state index contributed by atoms with van der Waals surface area (Å²) < 4.78 is 17.8. The maximum atomic E-state index is 12.7. The maximum Gasteiger partial charge on any atom is 0.237 e. The monoisotopic (exact) mass is 204 g/mol. The van der Waals surface area contributed by atoms with Crippen LogP contribution in [0.3, 0.4) is 0 Å². The molecule has 0 aromatic rings. The molecule has 1 aliphatic rings. The summed E-state index contributed by atoms with van der Waals surface area (Å²) in [5, 5.41) is 5.51. The van der Waals surface area contributed by atoms with Gasteiger partial charge in [-0.1, -0.05) is 0 Å². The lowest BCUT2D eigenvalue weighted by Gasteiger charge is -2.10. The van der Waals surface area contributed by atoms with Gasteiger partial charge in [-0.2, -0.15) is 0 Å². The highest BCUT2D eigenvalue weighted by atomic mass is 19.1. The van der Waals surface area contributed by atoms with E-state index in [0.29, 0.717) is 19.8 Å². The lowest BCUT2D eigenvalue weighted by molar-refractivity contribution is -0.123. The zero-order chi connectivity index (χ0) is 10.4. The van der Waals surface area contributed by atoms with Gasteiger partial charge in [0.1, 0.15) is 6.17 Å². The van der Waals surface area contributed by atoms with Crippen LogP contribution in [-0.2, 0) is 9.53 Å². The molecule has 1 aliphatic heterocycles. The molecule has 0 aliphatic carbocycles. The average molecular weight is 204 g/mol. The Balaban J connectivity index is 2.09. The van der Waals surface area contributed by atoms with Crippen LogP contribution >= 0.6 is 0 Å². The molecule has 1 heterocycles. The first-order valence-electron chi connectivity index (χ1n) is 4.97. The van der Waals surface area contributed by atoms with Gasteiger partial charge in [-0.15, -0.1) is 0 Å². The van der Waals surface area contributed by atoms with E-state index in [1.807, 2.05) is 6.92 Å². The summed E-state index contributed by atoms with van der Waals surface area (Å²) in [4.78, 5) is 11.4. The maximum absolute atomic E-state index is 12.7. The first kappa shape index (κ1) is 11.4. The fourth-order valence-electron chi connectivity index (χ4n) is 1.41. The number of nitrogens with one attached hydrogen (secondary N) is 2. The van der Waals surface area contributed by atoms with Crippen LogP contribution in [0.2, 0.25) is 0 Å². The Morgan fingerprint density at radius 1 is 1.71 bits per heavy atom. The van der Waals surface area contributed by atoms with E-state index in [0.717, 1.165) is 0 Å². The third-order valence-corrected chi connectivity index (χ3v) is 2.14. The highest BCUT2D eigenvalue weighted by Crippen LogP contribution is 2.09. The number of carbonyl (C=O) groups excluding carboxylic acids is 1. The molecular formula is C9H17FN2O2. The van der Waals surface area contributed by atoms with Crippen LogP contribution in [0.25, 0.3) is 0 Å². The van der Waals surface area contributed by atoms with Crippen LogP contribution in [0, 0.1) is 0 Å². The lowest BCUT2D eigenvalue weighted by atomic mass is 10.2. The fourth-order valence-corrected chi connectivity index (χ4v) is 1.41. The Hall–Kier alpha value is -0.680. The summed E-state index contributed by atoms with van der Waals surface area (Å²) in [5.41, 5.74) is 0. The van der Waals surface area contributed by atoms with E-state index in [1.54, 1.807) is 0 Å². The third-order valence-electron chi connectivity index (χ3n) is 2.14. The second-order valence-corrected chi connectivity index (χ2v) is 3.28. The third kappa shape index (κ3) is 3.59. The predicted molar refractivity (Wildman–Crippen MR) is 50.8 cm³/mol. The predicted octanol–water partition coefficient (Wildman–Crippen LogP) is -0.161. The van der Waals surface area contributed by atoms with Gasteiger partial charge in [-0.25, -0.2) is 4.39 Å². The molecule has 1 amide bonds. The fraction of sp³-hybridized carbons (Fsp3) is 0.889. The minimum absolute atomic E-state index is 0.134. The van der Waals surface area contributed by atoms with Crippen molar-refractivity contribution in [3.8, 4) is 0 Å². The summed E-state index contributed by atoms with van der Waals surface area (Å²) in [7, 11) is 0. The molecule has 0 unspecified atom stereocenters. The Labute approximate surface area is 83.2 Å². The Bertz CT molecular complexity index is 190. The molecule has 14 heavy (non-hydrogen) atoms. The van der Waals surface area contributed by atoms with Crippen LogP contribution in [0.1, 0.15) is 13.3 Å². The number of rotatable bonds is 5. The van der Waals surface area contributed by atoms with Gasteiger partial charge in [-0.05, 0) is 6.92 Å². The summed E-state index contributed by atoms with van der Waals surface area (Å²) >= 11 is 0. The minimum Gasteiger partial charge on any atom is -0.380 e. The van der Waals surface area contributed by atoms with Crippen LogP contribution < -0.4 is 10.6 Å². The highest BCUT2D eigenvalue weighted by molar-refractivity contribution is 5.82. The van der Waals surface area contributed by atoms with Crippen LogP contribution in [-0.4, -0.2) is 44.4 Å². The molecule has 82 valence electrons. The van der Waals surface area contributed by atoms with Crippen molar-refractivity contribution in [3.63, 3.8) is 0 Å². The summed E-state index contributed by atoms with van der Waals surface area (Å²) in [6.45, 7) is 3.82. The molecular weight excluding hydrogens is 187 g/mol. The first-order chi connectivity index (χ1) is 6.74. The molecule has 1 saturated heterocycles. The van der Waals surface area contributed by atoms with Crippen LogP contribution in [0.4, 0.5) is 4.39 Å². The molecule has 0 aromatic heterocycles. The van der Waals surface area contributed by atoms with E-state index in [2.05, 4.69) is 10.6 Å². The molecule has 0 aromatic carbocycles. The summed E-state index contributed by atoms with van der Waals surface area (Å²) in [6, 6.07) is -0.369. The number of halogens is 1. The molecule has 4 nitrogen and oxygen atoms in total. The van der Waals surface area contributed by atoms with Crippen molar-refractivity contribution in [2.75, 3.05) is 26.3 Å². The van der Waals surface area contributed by atoms with Gasteiger partial charge in [-0.3, -0.25) is 4.79 Å². The van der Waals surface area contributed by atoms with Gasteiger partial charge in [0.2, 0.25) is 5.91 Å². The Morgan fingerprint density at radius 3 is 3.07 bits per heavy atom. The van der Waals surface area contributed by atoms with Crippen molar-refractivity contribution in [1.29, 1.82) is 0 Å². The van der Waals surface area contributed by atoms with Crippen molar-refractivity contribution in [3.05, 3.63) is 0 Å². The standard InChI is InChI=1S/C9H17FN2O2/c1-2-14-4-3-11-9(13)8-5-7(10)6-12-8/h7-8,12H,2-6H2,1H3,(H,11,13)/t7-,8+/m0/s1. The average Bonchev–Trinajstić information content (AvgIpc) is 2.59. The number of amides is 1. The second kappa shape index (κ2) is 5.93. The van der Waals surface area contributed by atoms with Crippen LogP contribution in [0.5, 0.6) is 0 Å². The van der Waals surface area contributed by atoms with E-state index >= 15 is 0 Å². The van der Waals surface area contributed by atoms with Crippen LogP contribution in [0.15, 0.2) is 0 Å². The van der Waals surface area contributed by atoms with Gasteiger partial charge < -0.3 is 15.4 Å². The zero-order valence-corrected chi connectivity index (χ0v) is 8.38. The van der Waals surface area contributed by atoms with E-state index < -0.39 is 6.17 Å². The quantitative estimate of drug-likeness (QED) is 0.612. The SMILES string of the molecule is CCOCCNC(=O)[C@H]1C[C@H](F)CN1. The number of ether oxygens (including phenoxy) is 1. The molecule has 1 fully saturated rings. The molecule has 0 bridgehead atoms. The molecule has 0 spiro atoms. The minimum atomic E-state index is -0.891. The summed E-state index contributed by atoms with van der Waals surface area (Å²) in [6.07, 6.45) is -0.613. The normalized spacial score (nSPS) is 26.4. The molecule has 2 N–H and O–H groups in total. The van der Waals surface area contributed by atoms with E-state index in [-0.39, 0.29) is 24.9 Å². The molecule has 2 atom stereocenters. The van der Waals surface area contributed by atoms with Gasteiger partial charge in [0, 0.05) is 26.1 Å². The second-order valence-electron chi connectivity index (χ2n) is 3.28. The van der Waals surface area contributed by atoms with E-state index in [1.165, 1.54) is 0 Å². The molecule has 0 saturated carbocycles. The summed E-state index contributed by atoms with van der Waals surface area (Å²) in [5.74, 6) is -0.134. The zero-order valence-electron chi connectivity index (χ0n) is 8.38. The van der Waals surface area contributed by atoms with Crippen molar-refractivity contribution in [2.45, 2.75) is 25.6 Å². The number of alkyl halides is 1. The molecule has 1 rings (SSSR count). The largest absolute Gasteiger partial charge is 0.380 e. The lowest BCUT2D eigenvalue weighted by Crippen LogP contribution is -2.41. The van der Waals surface area contributed by atoms with Gasteiger partial charge in [0.15, 0.2) is 0 Å². The Kier molecular flexibility index (Phi) is 4.82. The van der Waals surface area contributed by atoms with E-state index in [9.17, 15) is 9.18 Å². The number of hydrogen-bond acceptors (Lipinski definition) is 3. The smallest absolute Gasteiger partial charge is 0.237 e. The number of carbonyl (C=O) groups is 1. The van der Waals surface area contributed by atoms with Crippen molar-refractivity contribution < 1.29 is 13.9 Å². The van der Waals surface area contributed by atoms with Gasteiger partial charge >= 0.3 is 0 Å². The van der Waals surface area contributed by atoms with Gasteiger partial charge in [0.25, 0.3) is 0 Å². The van der Waals surface area contributed by atoms with Gasteiger partial charge in [0.05, 0.1) is 12.6 Å². The first-order valence-corrected chi connectivity index (χ1v) is 4.97.